The van der Waals surface area contributed by atoms with Gasteiger partial charge in [-0.2, -0.15) is 0 Å². The molecule has 0 bridgehead atoms. The van der Waals surface area contributed by atoms with E-state index in [-0.39, 0.29) is 0 Å². The highest BCUT2D eigenvalue weighted by atomic mass is 79.9. The smallest absolute Gasteiger partial charge is 0.142 e. The third-order valence-corrected chi connectivity index (χ3v) is 3.25. The van der Waals surface area contributed by atoms with E-state index in [2.05, 4.69) is 21.1 Å². The summed E-state index contributed by atoms with van der Waals surface area (Å²) in [6, 6.07) is 15.3. The fourth-order valence-electron chi connectivity index (χ4n) is 1.41. The quantitative estimate of drug-likeness (QED) is 0.592. The molecular formula is C14H11BrClNO. The van der Waals surface area contributed by atoms with Crippen molar-refractivity contribution in [2.24, 2.45) is 5.16 Å². The van der Waals surface area contributed by atoms with Crippen LogP contribution >= 0.6 is 27.5 Å². The van der Waals surface area contributed by atoms with Crippen LogP contribution in [0.4, 0.5) is 0 Å². The summed E-state index contributed by atoms with van der Waals surface area (Å²) in [5, 5.41) is 4.63. The predicted octanol–water partition coefficient (Wildman–Crippen LogP) is 4.65. The summed E-state index contributed by atoms with van der Waals surface area (Å²) in [6.07, 6.45) is 1.68. The summed E-state index contributed by atoms with van der Waals surface area (Å²) in [5.74, 6) is 0. The molecule has 0 spiro atoms. The largest absolute Gasteiger partial charge is 0.391 e. The van der Waals surface area contributed by atoms with Crippen LogP contribution in [-0.4, -0.2) is 6.21 Å². The minimum atomic E-state index is 0.404. The zero-order chi connectivity index (χ0) is 12.8. The molecule has 18 heavy (non-hydrogen) atoms. The Kier molecular flexibility index (Phi) is 4.79. The Bertz CT molecular complexity index is 557. The molecule has 2 aromatic rings. The number of hydrogen-bond donors (Lipinski definition) is 0. The lowest BCUT2D eigenvalue weighted by Gasteiger charge is -2.00. The molecule has 0 fully saturated rings. The maximum absolute atomic E-state index is 5.87. The van der Waals surface area contributed by atoms with Crippen molar-refractivity contribution in [2.45, 2.75) is 6.61 Å². The minimum Gasteiger partial charge on any atom is -0.391 e. The molecule has 0 N–H and O–H groups in total. The molecule has 0 aromatic heterocycles. The van der Waals surface area contributed by atoms with Crippen LogP contribution in [0.5, 0.6) is 0 Å². The molecule has 0 saturated heterocycles. The molecule has 0 unspecified atom stereocenters. The van der Waals surface area contributed by atoms with E-state index < -0.39 is 0 Å². The van der Waals surface area contributed by atoms with E-state index >= 15 is 0 Å². The summed E-state index contributed by atoms with van der Waals surface area (Å²) < 4.78 is 0.986. The molecule has 92 valence electrons. The number of halogens is 2. The van der Waals surface area contributed by atoms with Gasteiger partial charge < -0.3 is 4.84 Å². The second-order valence-corrected chi connectivity index (χ2v) is 4.95. The average Bonchev–Trinajstić information content (AvgIpc) is 2.37. The summed E-state index contributed by atoms with van der Waals surface area (Å²) in [5.41, 5.74) is 1.97. The predicted molar refractivity (Wildman–Crippen MR) is 78.0 cm³/mol. The SMILES string of the molecule is Clc1cccc(CON=Cc2ccccc2Br)c1. The van der Waals surface area contributed by atoms with E-state index in [1.54, 1.807) is 6.21 Å². The number of benzene rings is 2. The first-order chi connectivity index (χ1) is 8.75. The summed E-state index contributed by atoms with van der Waals surface area (Å²) >= 11 is 9.31. The Morgan fingerprint density at radius 2 is 2.00 bits per heavy atom. The molecule has 0 radical (unpaired) electrons. The van der Waals surface area contributed by atoms with Gasteiger partial charge >= 0.3 is 0 Å². The number of hydrogen-bond acceptors (Lipinski definition) is 2. The van der Waals surface area contributed by atoms with Crippen LogP contribution in [0.25, 0.3) is 0 Å². The van der Waals surface area contributed by atoms with Gasteiger partial charge in [0.15, 0.2) is 0 Å². The Labute approximate surface area is 119 Å². The topological polar surface area (TPSA) is 21.6 Å². The average molecular weight is 325 g/mol. The van der Waals surface area contributed by atoms with Gasteiger partial charge in [-0.15, -0.1) is 0 Å². The second-order valence-electron chi connectivity index (χ2n) is 3.66. The summed E-state index contributed by atoms with van der Waals surface area (Å²) in [4.78, 5) is 5.22. The fourth-order valence-corrected chi connectivity index (χ4v) is 2.01. The van der Waals surface area contributed by atoms with Gasteiger partial charge in [0.05, 0.1) is 6.21 Å². The van der Waals surface area contributed by atoms with Gasteiger partial charge in [0, 0.05) is 15.1 Å². The lowest BCUT2D eigenvalue weighted by atomic mass is 10.2. The van der Waals surface area contributed by atoms with Crippen molar-refractivity contribution in [3.8, 4) is 0 Å². The molecule has 4 heteroatoms. The van der Waals surface area contributed by atoms with Gasteiger partial charge in [-0.25, -0.2) is 0 Å². The number of oxime groups is 1. The molecule has 0 saturated carbocycles. The Hall–Kier alpha value is -1.32. The van der Waals surface area contributed by atoms with Gasteiger partial charge in [-0.1, -0.05) is 63.0 Å². The molecular weight excluding hydrogens is 314 g/mol. The third kappa shape index (κ3) is 3.86. The van der Waals surface area contributed by atoms with Crippen LogP contribution in [0.2, 0.25) is 5.02 Å². The highest BCUT2D eigenvalue weighted by molar-refractivity contribution is 9.10. The Morgan fingerprint density at radius 3 is 2.78 bits per heavy atom. The van der Waals surface area contributed by atoms with E-state index in [0.717, 1.165) is 15.6 Å². The first-order valence-electron chi connectivity index (χ1n) is 5.40. The first-order valence-corrected chi connectivity index (χ1v) is 6.57. The molecule has 0 atom stereocenters. The second kappa shape index (κ2) is 6.57. The third-order valence-electron chi connectivity index (χ3n) is 2.29. The van der Waals surface area contributed by atoms with Crippen LogP contribution in [0.15, 0.2) is 58.2 Å². The van der Waals surface area contributed by atoms with Crippen molar-refractivity contribution < 1.29 is 4.84 Å². The Balaban J connectivity index is 1.91. The van der Waals surface area contributed by atoms with Crippen LogP contribution in [-0.2, 0) is 11.4 Å². The maximum atomic E-state index is 5.87. The first kappa shape index (κ1) is 13.1. The van der Waals surface area contributed by atoms with E-state index in [1.807, 2.05) is 48.5 Å². The van der Waals surface area contributed by atoms with Crippen molar-refractivity contribution >= 4 is 33.7 Å². The van der Waals surface area contributed by atoms with Crippen LogP contribution in [0.3, 0.4) is 0 Å². The molecule has 0 aliphatic rings. The van der Waals surface area contributed by atoms with Crippen molar-refractivity contribution in [1.29, 1.82) is 0 Å². The summed E-state index contributed by atoms with van der Waals surface area (Å²) in [6.45, 7) is 0.404. The minimum absolute atomic E-state index is 0.404. The fraction of sp³-hybridized carbons (Fsp3) is 0.0714. The Morgan fingerprint density at radius 1 is 1.17 bits per heavy atom. The molecule has 0 aliphatic carbocycles. The standard InChI is InChI=1S/C14H11BrClNO/c15-14-7-2-1-5-12(14)9-17-18-10-11-4-3-6-13(16)8-11/h1-9H,10H2. The lowest BCUT2D eigenvalue weighted by Crippen LogP contribution is -1.88. The van der Waals surface area contributed by atoms with Crippen LogP contribution < -0.4 is 0 Å². The van der Waals surface area contributed by atoms with E-state index in [0.29, 0.717) is 11.6 Å². The zero-order valence-corrected chi connectivity index (χ0v) is 11.9. The van der Waals surface area contributed by atoms with Crippen molar-refractivity contribution in [1.82, 2.24) is 0 Å². The molecule has 0 amide bonds. The zero-order valence-electron chi connectivity index (χ0n) is 9.51. The van der Waals surface area contributed by atoms with Crippen LogP contribution in [0.1, 0.15) is 11.1 Å². The van der Waals surface area contributed by atoms with Gasteiger partial charge in [-0.05, 0) is 23.8 Å². The van der Waals surface area contributed by atoms with Crippen molar-refractivity contribution in [2.75, 3.05) is 0 Å². The van der Waals surface area contributed by atoms with Gasteiger partial charge in [0.1, 0.15) is 6.61 Å². The number of nitrogens with zero attached hydrogens (tertiary/aromatic N) is 1. The maximum Gasteiger partial charge on any atom is 0.142 e. The summed E-state index contributed by atoms with van der Waals surface area (Å²) in [7, 11) is 0. The molecule has 0 aliphatic heterocycles. The van der Waals surface area contributed by atoms with Crippen molar-refractivity contribution in [3.05, 3.63) is 69.2 Å². The van der Waals surface area contributed by atoms with Crippen molar-refractivity contribution in [3.63, 3.8) is 0 Å². The van der Waals surface area contributed by atoms with Gasteiger partial charge in [-0.3, -0.25) is 0 Å². The van der Waals surface area contributed by atoms with E-state index in [4.69, 9.17) is 16.4 Å². The molecule has 2 aromatic carbocycles. The lowest BCUT2D eigenvalue weighted by molar-refractivity contribution is 0.132. The molecule has 2 rings (SSSR count). The van der Waals surface area contributed by atoms with E-state index in [1.165, 1.54) is 0 Å². The highest BCUT2D eigenvalue weighted by Crippen LogP contribution is 2.14. The highest BCUT2D eigenvalue weighted by Gasteiger charge is 1.95. The normalized spacial score (nSPS) is 10.8. The molecule has 0 heterocycles. The molecule has 2 nitrogen and oxygen atoms in total. The van der Waals surface area contributed by atoms with Gasteiger partial charge in [0.25, 0.3) is 0 Å². The monoisotopic (exact) mass is 323 g/mol. The van der Waals surface area contributed by atoms with Gasteiger partial charge in [0.2, 0.25) is 0 Å². The van der Waals surface area contributed by atoms with E-state index in [9.17, 15) is 0 Å². The van der Waals surface area contributed by atoms with Crippen LogP contribution in [0, 0.1) is 0 Å². The number of rotatable bonds is 4.